The van der Waals surface area contributed by atoms with Crippen molar-refractivity contribution in [2.24, 2.45) is 0 Å². The number of aromatic nitrogens is 2. The summed E-state index contributed by atoms with van der Waals surface area (Å²) in [6.45, 7) is 6.51. The van der Waals surface area contributed by atoms with Crippen LogP contribution in [-0.4, -0.2) is 9.97 Å². The van der Waals surface area contributed by atoms with Gasteiger partial charge in [0, 0.05) is 42.8 Å². The Balaban J connectivity index is 0.000000169. The van der Waals surface area contributed by atoms with Gasteiger partial charge >= 0.3 is 0 Å². The van der Waals surface area contributed by atoms with E-state index in [1.807, 2.05) is 72.8 Å². The molecule has 42 heavy (non-hydrogen) atoms. The summed E-state index contributed by atoms with van der Waals surface area (Å²) in [6.07, 6.45) is 1.80. The first kappa shape index (κ1) is 29.1. The third-order valence-electron chi connectivity index (χ3n) is 6.96. The summed E-state index contributed by atoms with van der Waals surface area (Å²) in [5.41, 5.74) is 9.04. The van der Waals surface area contributed by atoms with E-state index in [1.165, 1.54) is 11.1 Å². The fraction of sp³-hybridized carbons (Fsp3) is 0.105. The molecule has 0 fully saturated rings. The van der Waals surface area contributed by atoms with Crippen molar-refractivity contribution in [3.8, 4) is 33.6 Å². The maximum atomic E-state index is 6.09. The molecule has 1 radical (unpaired) electrons. The number of hydrogen-bond donors (Lipinski definition) is 0. The Bertz CT molecular complexity index is 1870. The predicted octanol–water partition coefficient (Wildman–Crippen LogP) is 9.96. The Labute approximate surface area is 260 Å². The van der Waals surface area contributed by atoms with E-state index in [0.29, 0.717) is 0 Å². The molecule has 0 atom stereocenters. The molecule has 4 aromatic carbocycles. The van der Waals surface area contributed by atoms with Gasteiger partial charge in [0.25, 0.3) is 0 Å². The summed E-state index contributed by atoms with van der Waals surface area (Å²) >= 11 is 0. The smallest absolute Gasteiger partial charge is 0.120 e. The quantitative estimate of drug-likeness (QED) is 0.171. The molecule has 7 rings (SSSR count). The predicted molar refractivity (Wildman–Crippen MR) is 168 cm³/mol. The van der Waals surface area contributed by atoms with Crippen molar-refractivity contribution < 1.29 is 24.5 Å². The minimum absolute atomic E-state index is 0. The fourth-order valence-electron chi connectivity index (χ4n) is 4.82. The Morgan fingerprint density at radius 3 is 2.17 bits per heavy atom. The molecule has 3 aromatic heterocycles. The maximum absolute atomic E-state index is 6.09. The fourth-order valence-corrected chi connectivity index (χ4v) is 4.82. The molecule has 0 aliphatic rings. The van der Waals surface area contributed by atoms with E-state index in [-0.39, 0.29) is 25.5 Å². The van der Waals surface area contributed by atoms with Crippen LogP contribution >= 0.6 is 0 Å². The molecule has 0 unspecified atom stereocenters. The second-order valence-corrected chi connectivity index (χ2v) is 10.9. The SMILES string of the molecule is CC(C)(C)c1cccc(-c2[c-]ccc3c2oc2ccccc23)n1.[Ir].[c-]1ccc(-c2ccccc2)cc1-c1ccccn1. The van der Waals surface area contributed by atoms with Gasteiger partial charge in [0.05, 0.1) is 5.58 Å². The Hall–Kier alpha value is -4.37. The van der Waals surface area contributed by atoms with E-state index in [4.69, 9.17) is 9.40 Å². The number of para-hydroxylation sites is 1. The third-order valence-corrected chi connectivity index (χ3v) is 6.96. The van der Waals surface area contributed by atoms with E-state index < -0.39 is 0 Å². The van der Waals surface area contributed by atoms with Gasteiger partial charge in [0.1, 0.15) is 5.58 Å². The van der Waals surface area contributed by atoms with E-state index in [0.717, 1.165) is 50.1 Å². The topological polar surface area (TPSA) is 38.9 Å². The summed E-state index contributed by atoms with van der Waals surface area (Å²) in [5, 5.41) is 2.24. The van der Waals surface area contributed by atoms with Crippen LogP contribution in [0, 0.1) is 12.1 Å². The van der Waals surface area contributed by atoms with Gasteiger partial charge in [-0.1, -0.05) is 105 Å². The van der Waals surface area contributed by atoms with Crippen molar-refractivity contribution in [3.63, 3.8) is 0 Å². The Kier molecular flexibility index (Phi) is 8.77. The second kappa shape index (κ2) is 12.6. The van der Waals surface area contributed by atoms with E-state index >= 15 is 0 Å². The average Bonchev–Trinajstić information content (AvgIpc) is 3.41. The minimum atomic E-state index is 0. The largest absolute Gasteiger partial charge is 0.501 e. The zero-order valence-electron chi connectivity index (χ0n) is 23.8. The molecule has 0 saturated heterocycles. The number of nitrogens with zero attached hydrogens (tertiary/aromatic N) is 2. The van der Waals surface area contributed by atoms with Crippen molar-refractivity contribution in [2.75, 3.05) is 0 Å². The first-order chi connectivity index (χ1) is 20.0. The normalized spacial score (nSPS) is 11.0. The summed E-state index contributed by atoms with van der Waals surface area (Å²) in [4.78, 5) is 9.20. The van der Waals surface area contributed by atoms with Gasteiger partial charge < -0.3 is 14.4 Å². The van der Waals surface area contributed by atoms with Crippen LogP contribution < -0.4 is 0 Å². The van der Waals surface area contributed by atoms with Gasteiger partial charge in [-0.05, 0) is 35.2 Å². The van der Waals surface area contributed by atoms with Crippen molar-refractivity contribution in [1.29, 1.82) is 0 Å². The molecule has 0 aliphatic carbocycles. The van der Waals surface area contributed by atoms with Crippen LogP contribution in [0.15, 0.2) is 132 Å². The molecule has 0 amide bonds. The molecule has 7 aromatic rings. The van der Waals surface area contributed by atoms with E-state index in [2.05, 4.69) is 86.4 Å². The van der Waals surface area contributed by atoms with Crippen LogP contribution in [0.4, 0.5) is 0 Å². The molecular formula is C38H30IrN2O-2. The summed E-state index contributed by atoms with van der Waals surface area (Å²) in [7, 11) is 0. The summed E-state index contributed by atoms with van der Waals surface area (Å²) in [6, 6.07) is 47.2. The number of rotatable bonds is 3. The number of hydrogen-bond acceptors (Lipinski definition) is 3. The van der Waals surface area contributed by atoms with Crippen LogP contribution in [-0.2, 0) is 25.5 Å². The van der Waals surface area contributed by atoms with Gasteiger partial charge in [-0.15, -0.1) is 53.6 Å². The molecule has 3 heterocycles. The Morgan fingerprint density at radius 2 is 1.38 bits per heavy atom. The standard InChI is InChI=1S/C21H18NO.C17H12N.Ir/c1-21(2,3)19-13-7-11-17(22-19)16-10-6-9-15-14-8-4-5-12-18(14)23-20(15)16;1-2-7-14(8-3-1)15-9-6-10-16(13-15)17-11-4-5-12-18-17;/h4-9,11-13H,1-3H3;1-9,11-13H;/q2*-1;. The van der Waals surface area contributed by atoms with Crippen molar-refractivity contribution in [3.05, 3.63) is 145 Å². The molecule has 0 N–H and O–H groups in total. The molecule has 3 nitrogen and oxygen atoms in total. The minimum Gasteiger partial charge on any atom is -0.501 e. The monoisotopic (exact) mass is 723 g/mol. The van der Waals surface area contributed by atoms with Crippen LogP contribution in [0.3, 0.4) is 0 Å². The van der Waals surface area contributed by atoms with Crippen molar-refractivity contribution in [1.82, 2.24) is 9.97 Å². The van der Waals surface area contributed by atoms with Crippen molar-refractivity contribution in [2.45, 2.75) is 26.2 Å². The summed E-state index contributed by atoms with van der Waals surface area (Å²) < 4.78 is 6.09. The van der Waals surface area contributed by atoms with Crippen LogP contribution in [0.2, 0.25) is 0 Å². The molecular weight excluding hydrogens is 693 g/mol. The number of pyridine rings is 2. The molecule has 0 bridgehead atoms. The third kappa shape index (κ3) is 6.26. The first-order valence-electron chi connectivity index (χ1n) is 13.8. The number of benzene rings is 4. The molecule has 0 saturated carbocycles. The summed E-state index contributed by atoms with van der Waals surface area (Å²) in [5.74, 6) is 0. The molecule has 209 valence electrons. The van der Waals surface area contributed by atoms with Crippen LogP contribution in [0.25, 0.3) is 55.6 Å². The van der Waals surface area contributed by atoms with Gasteiger partial charge in [0.15, 0.2) is 0 Å². The first-order valence-corrected chi connectivity index (χ1v) is 13.8. The van der Waals surface area contributed by atoms with Gasteiger partial charge in [-0.3, -0.25) is 0 Å². The van der Waals surface area contributed by atoms with E-state index in [1.54, 1.807) is 6.20 Å². The molecule has 0 aliphatic heterocycles. The van der Waals surface area contributed by atoms with E-state index in [9.17, 15) is 0 Å². The van der Waals surface area contributed by atoms with Crippen LogP contribution in [0.1, 0.15) is 26.5 Å². The molecule has 4 heteroatoms. The second-order valence-electron chi connectivity index (χ2n) is 10.9. The zero-order valence-corrected chi connectivity index (χ0v) is 26.2. The number of fused-ring (bicyclic) bond motifs is 3. The van der Waals surface area contributed by atoms with Gasteiger partial charge in [-0.2, -0.15) is 0 Å². The maximum Gasteiger partial charge on any atom is 0.120 e. The van der Waals surface area contributed by atoms with Crippen LogP contribution in [0.5, 0.6) is 0 Å². The van der Waals surface area contributed by atoms with Crippen molar-refractivity contribution >= 4 is 21.9 Å². The Morgan fingerprint density at radius 1 is 0.643 bits per heavy atom. The average molecular weight is 723 g/mol. The van der Waals surface area contributed by atoms with Gasteiger partial charge in [0.2, 0.25) is 0 Å². The molecule has 0 spiro atoms. The van der Waals surface area contributed by atoms with Gasteiger partial charge in [-0.25, -0.2) is 0 Å². The number of furan rings is 1. The zero-order chi connectivity index (χ0) is 28.2.